The molecule has 0 unspecified atom stereocenters. The van der Waals surface area contributed by atoms with Crippen molar-refractivity contribution < 1.29 is 19.6 Å². The standard InChI is InChI=1S/C17H16N6O5/c1-28-15-9-12(23(26)27)8-11(17(15)25)10-18-20-16(24)6-7-22-14-5-3-2-4-13(14)19-21-22/h2-5,8-10,25H,6-7H2,1H3,(H,20,24). The van der Waals surface area contributed by atoms with Crippen LogP contribution in [0.2, 0.25) is 0 Å². The number of aromatic nitrogens is 3. The number of benzene rings is 2. The summed E-state index contributed by atoms with van der Waals surface area (Å²) in [4.78, 5) is 22.3. The second-order valence-electron chi connectivity index (χ2n) is 5.69. The zero-order valence-electron chi connectivity index (χ0n) is 14.8. The third-order valence-electron chi connectivity index (χ3n) is 3.88. The minimum absolute atomic E-state index is 0.0358. The summed E-state index contributed by atoms with van der Waals surface area (Å²) in [6.07, 6.45) is 1.20. The fourth-order valence-electron chi connectivity index (χ4n) is 2.49. The number of nitro benzene ring substituents is 1. The van der Waals surface area contributed by atoms with Crippen molar-refractivity contribution in [2.24, 2.45) is 5.10 Å². The van der Waals surface area contributed by atoms with Crippen molar-refractivity contribution in [3.8, 4) is 11.5 Å². The summed E-state index contributed by atoms with van der Waals surface area (Å²) >= 11 is 0. The molecule has 0 bridgehead atoms. The van der Waals surface area contributed by atoms with Crippen LogP contribution in [0.15, 0.2) is 41.5 Å². The zero-order valence-corrected chi connectivity index (χ0v) is 14.8. The summed E-state index contributed by atoms with van der Waals surface area (Å²) in [7, 11) is 1.27. The average molecular weight is 384 g/mol. The molecule has 1 amide bonds. The molecule has 0 aliphatic carbocycles. The number of carbonyl (C=O) groups is 1. The number of fused-ring (bicyclic) bond motifs is 1. The molecule has 0 saturated heterocycles. The molecule has 0 aliphatic heterocycles. The molecule has 1 aromatic heterocycles. The van der Waals surface area contributed by atoms with E-state index in [9.17, 15) is 20.0 Å². The first-order valence-electron chi connectivity index (χ1n) is 8.15. The largest absolute Gasteiger partial charge is 0.504 e. The molecule has 3 rings (SSSR count). The number of nitrogens with zero attached hydrogens (tertiary/aromatic N) is 5. The van der Waals surface area contributed by atoms with E-state index >= 15 is 0 Å². The molecule has 11 heteroatoms. The summed E-state index contributed by atoms with van der Waals surface area (Å²) in [5.74, 6) is -0.784. The van der Waals surface area contributed by atoms with Gasteiger partial charge < -0.3 is 9.84 Å². The van der Waals surface area contributed by atoms with Crippen LogP contribution in [-0.2, 0) is 11.3 Å². The SMILES string of the molecule is COc1cc([N+](=O)[O-])cc(C=NNC(=O)CCn2nnc3ccccc32)c1O. The molecular weight excluding hydrogens is 368 g/mol. The molecule has 2 N–H and O–H groups in total. The Morgan fingerprint density at radius 3 is 2.96 bits per heavy atom. The number of hydrogen-bond acceptors (Lipinski definition) is 8. The Kier molecular flexibility index (Phi) is 5.44. The Morgan fingerprint density at radius 1 is 1.43 bits per heavy atom. The maximum atomic E-state index is 12.0. The van der Waals surface area contributed by atoms with E-state index in [0.717, 1.165) is 29.4 Å². The second kappa shape index (κ2) is 8.12. The lowest BCUT2D eigenvalue weighted by atomic mass is 10.2. The first kappa shape index (κ1) is 18.8. The fraction of sp³-hybridized carbons (Fsp3) is 0.176. The van der Waals surface area contributed by atoms with Crippen molar-refractivity contribution in [2.45, 2.75) is 13.0 Å². The molecule has 28 heavy (non-hydrogen) atoms. The van der Waals surface area contributed by atoms with Gasteiger partial charge in [0.1, 0.15) is 5.52 Å². The number of carbonyl (C=O) groups excluding carboxylic acids is 1. The Bertz CT molecular complexity index is 1060. The maximum Gasteiger partial charge on any atom is 0.274 e. The van der Waals surface area contributed by atoms with Crippen LogP contribution < -0.4 is 10.2 Å². The van der Waals surface area contributed by atoms with E-state index in [4.69, 9.17) is 4.74 Å². The van der Waals surface area contributed by atoms with E-state index in [2.05, 4.69) is 20.8 Å². The molecule has 1 heterocycles. The number of methoxy groups -OCH3 is 1. The predicted octanol–water partition coefficient (Wildman–Crippen LogP) is 1.59. The highest BCUT2D eigenvalue weighted by atomic mass is 16.6. The first-order valence-corrected chi connectivity index (χ1v) is 8.15. The van der Waals surface area contributed by atoms with Crippen molar-refractivity contribution >= 4 is 28.8 Å². The average Bonchev–Trinajstić information content (AvgIpc) is 3.10. The lowest BCUT2D eigenvalue weighted by molar-refractivity contribution is -0.385. The number of nitrogens with one attached hydrogen (secondary N) is 1. The van der Waals surface area contributed by atoms with E-state index in [0.29, 0.717) is 6.54 Å². The van der Waals surface area contributed by atoms with E-state index in [1.54, 1.807) is 4.68 Å². The van der Waals surface area contributed by atoms with Crippen LogP contribution in [0.3, 0.4) is 0 Å². The van der Waals surface area contributed by atoms with E-state index in [-0.39, 0.29) is 29.2 Å². The third kappa shape index (κ3) is 4.03. The van der Waals surface area contributed by atoms with E-state index < -0.39 is 10.8 Å². The summed E-state index contributed by atoms with van der Waals surface area (Å²) < 4.78 is 6.51. The Hall–Kier alpha value is -4.02. The smallest absolute Gasteiger partial charge is 0.274 e. The molecule has 144 valence electrons. The van der Waals surface area contributed by atoms with Gasteiger partial charge in [-0.2, -0.15) is 5.10 Å². The van der Waals surface area contributed by atoms with Gasteiger partial charge >= 0.3 is 0 Å². The predicted molar refractivity (Wildman–Crippen MR) is 99.2 cm³/mol. The number of aromatic hydroxyl groups is 1. The number of hydrogen-bond donors (Lipinski definition) is 2. The molecular formula is C17H16N6O5. The highest BCUT2D eigenvalue weighted by Crippen LogP contribution is 2.33. The summed E-state index contributed by atoms with van der Waals surface area (Å²) in [5.41, 5.74) is 3.61. The number of para-hydroxylation sites is 1. The van der Waals surface area contributed by atoms with Crippen LogP contribution in [0.25, 0.3) is 11.0 Å². The number of ether oxygens (including phenoxy) is 1. The van der Waals surface area contributed by atoms with Gasteiger partial charge in [-0.1, -0.05) is 17.3 Å². The maximum absolute atomic E-state index is 12.0. The van der Waals surface area contributed by atoms with Gasteiger partial charge in [0, 0.05) is 18.1 Å². The highest BCUT2D eigenvalue weighted by molar-refractivity contribution is 5.87. The normalized spacial score (nSPS) is 11.0. The van der Waals surface area contributed by atoms with Gasteiger partial charge in [-0.3, -0.25) is 14.9 Å². The molecule has 0 atom stereocenters. The molecule has 0 radical (unpaired) electrons. The summed E-state index contributed by atoms with van der Waals surface area (Å²) in [6.45, 7) is 0.303. The minimum atomic E-state index is -0.625. The zero-order chi connectivity index (χ0) is 20.1. The minimum Gasteiger partial charge on any atom is -0.504 e. The van der Waals surface area contributed by atoms with Gasteiger partial charge in [0.2, 0.25) is 5.91 Å². The number of phenolic OH excluding ortho intramolecular Hbond substituents is 1. The lowest BCUT2D eigenvalue weighted by Gasteiger charge is -2.06. The highest BCUT2D eigenvalue weighted by Gasteiger charge is 2.15. The number of rotatable bonds is 7. The van der Waals surface area contributed by atoms with Crippen molar-refractivity contribution in [2.75, 3.05) is 7.11 Å². The number of hydrazone groups is 1. The number of nitro groups is 1. The van der Waals surface area contributed by atoms with Crippen molar-refractivity contribution in [3.05, 3.63) is 52.1 Å². The van der Waals surface area contributed by atoms with Crippen LogP contribution in [0.4, 0.5) is 5.69 Å². The van der Waals surface area contributed by atoms with Gasteiger partial charge in [-0.25, -0.2) is 10.1 Å². The Labute approximate surface area is 158 Å². The topological polar surface area (TPSA) is 145 Å². The lowest BCUT2D eigenvalue weighted by Crippen LogP contribution is -2.19. The Balaban J connectivity index is 1.63. The molecule has 2 aromatic carbocycles. The molecule has 11 nitrogen and oxygen atoms in total. The van der Waals surface area contributed by atoms with Crippen LogP contribution >= 0.6 is 0 Å². The van der Waals surface area contributed by atoms with Crippen molar-refractivity contribution in [1.82, 2.24) is 20.4 Å². The van der Waals surface area contributed by atoms with Gasteiger partial charge in [0.05, 0.1) is 36.4 Å². The first-order chi connectivity index (χ1) is 13.5. The second-order valence-corrected chi connectivity index (χ2v) is 5.69. The molecule has 0 spiro atoms. The van der Waals surface area contributed by atoms with Gasteiger partial charge in [0.15, 0.2) is 11.5 Å². The van der Waals surface area contributed by atoms with Crippen LogP contribution in [-0.4, -0.2) is 44.3 Å². The fourth-order valence-corrected chi connectivity index (χ4v) is 2.49. The van der Waals surface area contributed by atoms with Crippen molar-refractivity contribution in [1.29, 1.82) is 0 Å². The van der Waals surface area contributed by atoms with Crippen molar-refractivity contribution in [3.63, 3.8) is 0 Å². The monoisotopic (exact) mass is 384 g/mol. The number of aryl methyl sites for hydroxylation is 1. The van der Waals surface area contributed by atoms with Gasteiger partial charge in [0.25, 0.3) is 5.69 Å². The summed E-state index contributed by atoms with van der Waals surface area (Å²) in [6, 6.07) is 9.59. The Morgan fingerprint density at radius 2 is 2.21 bits per heavy atom. The van der Waals surface area contributed by atoms with Gasteiger partial charge in [-0.05, 0) is 12.1 Å². The van der Waals surface area contributed by atoms with Crippen LogP contribution in [0.1, 0.15) is 12.0 Å². The molecule has 0 fully saturated rings. The van der Waals surface area contributed by atoms with E-state index in [1.165, 1.54) is 7.11 Å². The third-order valence-corrected chi connectivity index (χ3v) is 3.88. The van der Waals surface area contributed by atoms with Crippen LogP contribution in [0, 0.1) is 10.1 Å². The molecule has 0 saturated carbocycles. The molecule has 3 aromatic rings. The number of non-ortho nitro benzene ring substituents is 1. The van der Waals surface area contributed by atoms with Gasteiger partial charge in [-0.15, -0.1) is 5.10 Å². The number of amides is 1. The van der Waals surface area contributed by atoms with E-state index in [1.807, 2.05) is 24.3 Å². The summed E-state index contributed by atoms with van der Waals surface area (Å²) in [5, 5.41) is 32.7. The molecule has 0 aliphatic rings. The van der Waals surface area contributed by atoms with Crippen LogP contribution in [0.5, 0.6) is 11.5 Å². The number of phenols is 1. The quantitative estimate of drug-likeness (QED) is 0.357.